The topological polar surface area (TPSA) is 58.9 Å². The van der Waals surface area contributed by atoms with E-state index < -0.39 is 0 Å². The molecule has 0 aliphatic rings. The highest BCUT2D eigenvalue weighted by Gasteiger charge is 2.19. The van der Waals surface area contributed by atoms with Gasteiger partial charge in [-0.2, -0.15) is 0 Å². The van der Waals surface area contributed by atoms with Crippen LogP contribution in [0.4, 0.5) is 0 Å². The molecule has 0 unspecified atom stereocenters. The number of hydrogen-bond acceptors (Lipinski definition) is 4. The van der Waals surface area contributed by atoms with Crippen molar-refractivity contribution in [3.63, 3.8) is 0 Å². The molecule has 2 N–H and O–H groups in total. The van der Waals surface area contributed by atoms with E-state index in [1.165, 1.54) is 0 Å². The van der Waals surface area contributed by atoms with Crippen LogP contribution < -0.4 is 9.47 Å². The van der Waals surface area contributed by atoms with E-state index in [0.29, 0.717) is 13.2 Å². The summed E-state index contributed by atoms with van der Waals surface area (Å²) >= 11 is 0. The van der Waals surface area contributed by atoms with E-state index in [-0.39, 0.29) is 13.2 Å². The third-order valence-electron chi connectivity index (χ3n) is 9.67. The first kappa shape index (κ1) is 36.2. The Morgan fingerprint density at radius 2 is 0.667 bits per heavy atom. The maximum Gasteiger partial charge on any atom is 0.128 e. The molecule has 4 nitrogen and oxygen atoms in total. The third-order valence-corrected chi connectivity index (χ3v) is 9.67. The number of hydrogen-bond donors (Lipinski definition) is 2. The van der Waals surface area contributed by atoms with Gasteiger partial charge in [-0.15, -0.1) is 0 Å². The lowest BCUT2D eigenvalue weighted by Crippen LogP contribution is -2.01. The summed E-state index contributed by atoms with van der Waals surface area (Å²) in [6.07, 6.45) is 0. The monoisotopic (exact) mass is 708 g/mol. The number of aliphatic hydroxyl groups excluding tert-OH is 2. The summed E-state index contributed by atoms with van der Waals surface area (Å²) < 4.78 is 13.4. The SMILES string of the molecule is CC.OCc1ccc(-c2ccc(COc3ccc4ccccc4c3-c3c(OCc4ccc(-c5ccc(CO)cc5)cc4)ccc4ccccc34)cc2)cc1. The molecule has 268 valence electrons. The zero-order valence-electron chi connectivity index (χ0n) is 30.7. The van der Waals surface area contributed by atoms with Crippen molar-refractivity contribution in [1.29, 1.82) is 0 Å². The lowest BCUT2D eigenvalue weighted by molar-refractivity contribution is 0.281. The summed E-state index contributed by atoms with van der Waals surface area (Å²) in [5.41, 5.74) is 10.4. The van der Waals surface area contributed by atoms with Crippen LogP contribution in [-0.4, -0.2) is 10.2 Å². The molecule has 0 bridgehead atoms. The minimum atomic E-state index is 0.0387. The zero-order valence-corrected chi connectivity index (χ0v) is 30.7. The van der Waals surface area contributed by atoms with Crippen molar-refractivity contribution in [2.24, 2.45) is 0 Å². The fourth-order valence-corrected chi connectivity index (χ4v) is 6.77. The van der Waals surface area contributed by atoms with Crippen LogP contribution in [-0.2, 0) is 26.4 Å². The summed E-state index contributed by atoms with van der Waals surface area (Å²) in [5.74, 6) is 1.58. The molecule has 0 fully saturated rings. The van der Waals surface area contributed by atoms with E-state index in [9.17, 15) is 10.2 Å². The normalized spacial score (nSPS) is 10.9. The molecular formula is C50H44O4. The molecule has 0 aliphatic heterocycles. The third kappa shape index (κ3) is 7.91. The Morgan fingerprint density at radius 3 is 1.00 bits per heavy atom. The number of benzene rings is 8. The lowest BCUT2D eigenvalue weighted by Gasteiger charge is -2.20. The van der Waals surface area contributed by atoms with Gasteiger partial charge in [0.1, 0.15) is 24.7 Å². The standard InChI is InChI=1S/C48H38O4.C2H6/c49-29-33-9-17-37(18-10-33)39-21-13-35(14-22-39)31-51-45-27-25-41-5-1-3-7-43(41)47(45)48-44-8-4-2-6-42(44)26-28-46(48)52-32-36-15-23-40(24-16-36)38-19-11-34(30-50)12-20-38;1-2/h1-28,49-50H,29-32H2;1-2H3. The van der Waals surface area contributed by atoms with Gasteiger partial charge in [0.15, 0.2) is 0 Å². The van der Waals surface area contributed by atoms with Crippen molar-refractivity contribution < 1.29 is 19.7 Å². The second-order valence-corrected chi connectivity index (χ2v) is 13.0. The van der Waals surface area contributed by atoms with Crippen molar-refractivity contribution in [2.75, 3.05) is 0 Å². The largest absolute Gasteiger partial charge is 0.488 e. The molecule has 0 heterocycles. The molecule has 8 rings (SSSR count). The van der Waals surface area contributed by atoms with Crippen molar-refractivity contribution in [2.45, 2.75) is 40.3 Å². The van der Waals surface area contributed by atoms with Gasteiger partial charge in [-0.05, 0) is 78.2 Å². The Morgan fingerprint density at radius 1 is 0.352 bits per heavy atom. The Bertz CT molecular complexity index is 2270. The molecule has 0 radical (unpaired) electrons. The number of rotatable bonds is 11. The number of fused-ring (bicyclic) bond motifs is 2. The Balaban J connectivity index is 0.00000221. The van der Waals surface area contributed by atoms with E-state index in [1.807, 2.05) is 62.4 Å². The molecule has 54 heavy (non-hydrogen) atoms. The second kappa shape index (κ2) is 17.1. The molecule has 4 heteroatoms. The van der Waals surface area contributed by atoms with Gasteiger partial charge in [-0.3, -0.25) is 0 Å². The highest BCUT2D eigenvalue weighted by molar-refractivity contribution is 6.09. The van der Waals surface area contributed by atoms with Crippen LogP contribution in [0.2, 0.25) is 0 Å². The smallest absolute Gasteiger partial charge is 0.128 e. The molecule has 0 amide bonds. The predicted molar refractivity (Wildman–Crippen MR) is 223 cm³/mol. The van der Waals surface area contributed by atoms with Crippen molar-refractivity contribution in [3.8, 4) is 44.9 Å². The number of aliphatic hydroxyl groups is 2. The first-order valence-electron chi connectivity index (χ1n) is 18.5. The van der Waals surface area contributed by atoms with E-state index in [0.717, 1.165) is 88.7 Å². The maximum absolute atomic E-state index is 9.41. The van der Waals surface area contributed by atoms with Crippen LogP contribution in [0.1, 0.15) is 36.1 Å². The van der Waals surface area contributed by atoms with E-state index >= 15 is 0 Å². The molecule has 0 atom stereocenters. The van der Waals surface area contributed by atoms with E-state index in [1.54, 1.807) is 0 Å². The van der Waals surface area contributed by atoms with Crippen LogP contribution in [0.25, 0.3) is 54.9 Å². The van der Waals surface area contributed by atoms with Gasteiger partial charge in [0, 0.05) is 11.1 Å². The first-order chi connectivity index (χ1) is 26.7. The summed E-state index contributed by atoms with van der Waals surface area (Å²) in [5, 5.41) is 23.3. The molecule has 0 saturated carbocycles. The number of ether oxygens (including phenoxy) is 2. The minimum Gasteiger partial charge on any atom is -0.488 e. The average molecular weight is 709 g/mol. The van der Waals surface area contributed by atoms with Crippen molar-refractivity contribution in [3.05, 3.63) is 192 Å². The molecule has 8 aromatic rings. The molecular weight excluding hydrogens is 665 g/mol. The van der Waals surface area contributed by atoms with E-state index in [4.69, 9.17) is 9.47 Å². The van der Waals surface area contributed by atoms with Gasteiger partial charge < -0.3 is 19.7 Å². The Labute approximate surface area is 317 Å². The fourth-order valence-electron chi connectivity index (χ4n) is 6.77. The second-order valence-electron chi connectivity index (χ2n) is 13.0. The molecule has 0 spiro atoms. The van der Waals surface area contributed by atoms with E-state index in [2.05, 4.69) is 121 Å². The highest BCUT2D eigenvalue weighted by Crippen LogP contribution is 2.46. The van der Waals surface area contributed by atoms with Crippen LogP contribution in [0, 0.1) is 0 Å². The summed E-state index contributed by atoms with van der Waals surface area (Å²) in [7, 11) is 0. The Kier molecular flexibility index (Phi) is 11.4. The van der Waals surface area contributed by atoms with Crippen LogP contribution in [0.5, 0.6) is 11.5 Å². The predicted octanol–water partition coefficient (Wildman–Crippen LogP) is 12.2. The summed E-state index contributed by atoms with van der Waals surface area (Å²) in [4.78, 5) is 0. The van der Waals surface area contributed by atoms with Crippen LogP contribution >= 0.6 is 0 Å². The zero-order chi connectivity index (χ0) is 37.3. The van der Waals surface area contributed by atoms with Crippen molar-refractivity contribution >= 4 is 21.5 Å². The minimum absolute atomic E-state index is 0.0387. The van der Waals surface area contributed by atoms with Crippen molar-refractivity contribution in [1.82, 2.24) is 0 Å². The first-order valence-corrected chi connectivity index (χ1v) is 18.5. The summed E-state index contributed by atoms with van der Waals surface area (Å²) in [6.45, 7) is 4.89. The van der Waals surface area contributed by atoms with Crippen LogP contribution in [0.15, 0.2) is 170 Å². The van der Waals surface area contributed by atoms with Gasteiger partial charge in [-0.1, -0.05) is 172 Å². The van der Waals surface area contributed by atoms with Gasteiger partial charge in [0.2, 0.25) is 0 Å². The Hall–Kier alpha value is -6.20. The van der Waals surface area contributed by atoms with Gasteiger partial charge in [-0.25, -0.2) is 0 Å². The molecule has 8 aromatic carbocycles. The quantitative estimate of drug-likeness (QED) is 0.140. The molecule has 0 aromatic heterocycles. The van der Waals surface area contributed by atoms with Gasteiger partial charge in [0.05, 0.1) is 13.2 Å². The lowest BCUT2D eigenvalue weighted by atomic mass is 9.92. The maximum atomic E-state index is 9.41. The highest BCUT2D eigenvalue weighted by atomic mass is 16.5. The fraction of sp³-hybridized carbons (Fsp3) is 0.120. The van der Waals surface area contributed by atoms with Gasteiger partial charge >= 0.3 is 0 Å². The molecule has 0 aliphatic carbocycles. The van der Waals surface area contributed by atoms with Crippen LogP contribution in [0.3, 0.4) is 0 Å². The average Bonchev–Trinajstić information content (AvgIpc) is 3.26. The van der Waals surface area contributed by atoms with Gasteiger partial charge in [0.25, 0.3) is 0 Å². The molecule has 0 saturated heterocycles. The summed E-state index contributed by atoms with van der Waals surface area (Å²) in [6, 6.07) is 58.1.